The molecule has 0 amide bonds. The summed E-state index contributed by atoms with van der Waals surface area (Å²) in [5, 5.41) is 7.82. The van der Waals surface area contributed by atoms with Crippen LogP contribution in [0.1, 0.15) is 15.6 Å². The van der Waals surface area contributed by atoms with Gasteiger partial charge in [0.15, 0.2) is 5.96 Å². The molecule has 0 aliphatic heterocycles. The van der Waals surface area contributed by atoms with Crippen molar-refractivity contribution in [3.05, 3.63) is 70.6 Å². The second-order valence-electron chi connectivity index (χ2n) is 5.87. The molecule has 3 rings (SSSR count). The number of thioether (sulfide) groups is 1. The molecule has 28 heavy (non-hydrogen) atoms. The molecule has 0 atom stereocenters. The van der Waals surface area contributed by atoms with Gasteiger partial charge in [-0.15, -0.1) is 47.1 Å². The molecule has 2 heterocycles. The minimum absolute atomic E-state index is 0. The van der Waals surface area contributed by atoms with Crippen LogP contribution < -0.4 is 10.6 Å². The summed E-state index contributed by atoms with van der Waals surface area (Å²) in [5.74, 6) is 2.75. The van der Waals surface area contributed by atoms with Gasteiger partial charge in [0.1, 0.15) is 10.8 Å². The molecule has 8 heteroatoms. The molecule has 2 aromatic heterocycles. The van der Waals surface area contributed by atoms with E-state index in [-0.39, 0.29) is 24.0 Å². The number of thiazole rings is 1. The topological polar surface area (TPSA) is 62.5 Å². The van der Waals surface area contributed by atoms with Crippen molar-refractivity contribution in [2.75, 3.05) is 18.8 Å². The summed E-state index contributed by atoms with van der Waals surface area (Å²) in [7, 11) is 0. The first-order valence-corrected chi connectivity index (χ1v) is 10.7. The van der Waals surface area contributed by atoms with Crippen molar-refractivity contribution in [2.24, 2.45) is 4.99 Å². The fraction of sp³-hybridized carbons (Fsp3) is 0.300. The number of aromatic nitrogens is 1. The Morgan fingerprint density at radius 2 is 1.96 bits per heavy atom. The van der Waals surface area contributed by atoms with E-state index in [2.05, 4.69) is 51.8 Å². The number of benzene rings is 1. The number of nitrogens with one attached hydrogen (secondary N) is 2. The Morgan fingerprint density at radius 1 is 1.14 bits per heavy atom. The zero-order chi connectivity index (χ0) is 18.7. The Labute approximate surface area is 191 Å². The zero-order valence-electron chi connectivity index (χ0n) is 15.8. The van der Waals surface area contributed by atoms with Gasteiger partial charge in [-0.2, -0.15) is 0 Å². The van der Waals surface area contributed by atoms with Crippen molar-refractivity contribution in [1.82, 2.24) is 15.6 Å². The quantitative estimate of drug-likeness (QED) is 0.138. The van der Waals surface area contributed by atoms with Crippen LogP contribution in [0.4, 0.5) is 0 Å². The summed E-state index contributed by atoms with van der Waals surface area (Å²) in [5.41, 5.74) is 0. The summed E-state index contributed by atoms with van der Waals surface area (Å²) in [4.78, 5) is 11.5. The monoisotopic (exact) mass is 528 g/mol. The van der Waals surface area contributed by atoms with Crippen LogP contribution in [0, 0.1) is 6.92 Å². The Balaban J connectivity index is 0.00000280. The summed E-state index contributed by atoms with van der Waals surface area (Å²) >= 11 is 3.52. The van der Waals surface area contributed by atoms with Crippen LogP contribution in [0.25, 0.3) is 0 Å². The second kappa shape index (κ2) is 12.8. The highest BCUT2D eigenvalue weighted by molar-refractivity contribution is 14.0. The minimum atomic E-state index is 0. The molecule has 0 spiro atoms. The van der Waals surface area contributed by atoms with Crippen LogP contribution in [0.3, 0.4) is 0 Å². The van der Waals surface area contributed by atoms with E-state index in [0.717, 1.165) is 42.0 Å². The first-order valence-electron chi connectivity index (χ1n) is 8.93. The van der Waals surface area contributed by atoms with Gasteiger partial charge in [0.05, 0.1) is 12.8 Å². The number of guanidine groups is 1. The molecule has 0 bridgehead atoms. The molecule has 150 valence electrons. The van der Waals surface area contributed by atoms with Gasteiger partial charge in [-0.3, -0.25) is 0 Å². The average Bonchev–Trinajstić information content (AvgIpc) is 3.35. The fourth-order valence-electron chi connectivity index (χ4n) is 2.41. The molecule has 5 nitrogen and oxygen atoms in total. The zero-order valence-corrected chi connectivity index (χ0v) is 19.7. The molecule has 3 aromatic rings. The average molecular weight is 528 g/mol. The van der Waals surface area contributed by atoms with Gasteiger partial charge in [0, 0.05) is 41.2 Å². The van der Waals surface area contributed by atoms with Crippen LogP contribution in [-0.4, -0.2) is 29.8 Å². The lowest BCUT2D eigenvalue weighted by Gasteiger charge is -2.12. The Morgan fingerprint density at radius 3 is 2.68 bits per heavy atom. The maximum Gasteiger partial charge on any atom is 0.191 e. The summed E-state index contributed by atoms with van der Waals surface area (Å²) in [6, 6.07) is 14.3. The standard InChI is InChI=1S/C20H24N4OS2.HI/c1-16-14-23-19(27-16)15-24-20(21-10-9-17-6-5-12-25-17)22-11-13-26-18-7-3-2-4-8-18;/h2-8,12,14H,9-11,13,15H2,1H3,(H2,21,22,24);1H. The van der Waals surface area contributed by atoms with Gasteiger partial charge in [-0.25, -0.2) is 9.98 Å². The predicted molar refractivity (Wildman–Crippen MR) is 129 cm³/mol. The molecular weight excluding hydrogens is 503 g/mol. The Kier molecular flexibility index (Phi) is 10.4. The van der Waals surface area contributed by atoms with E-state index in [1.807, 2.05) is 36.2 Å². The molecule has 0 saturated carbocycles. The van der Waals surface area contributed by atoms with Crippen LogP contribution in [-0.2, 0) is 13.0 Å². The van der Waals surface area contributed by atoms with Crippen molar-refractivity contribution in [2.45, 2.75) is 24.8 Å². The summed E-state index contributed by atoms with van der Waals surface area (Å²) in [6.45, 7) is 4.25. The number of aliphatic imine (C=N–C) groups is 1. The van der Waals surface area contributed by atoms with E-state index in [1.165, 1.54) is 9.77 Å². The molecule has 0 aliphatic rings. The van der Waals surface area contributed by atoms with Gasteiger partial charge in [0.2, 0.25) is 0 Å². The first kappa shape index (κ1) is 22.8. The smallest absolute Gasteiger partial charge is 0.191 e. The maximum atomic E-state index is 5.38. The summed E-state index contributed by atoms with van der Waals surface area (Å²) < 4.78 is 5.38. The number of aryl methyl sites for hydroxylation is 1. The van der Waals surface area contributed by atoms with Crippen LogP contribution >= 0.6 is 47.1 Å². The van der Waals surface area contributed by atoms with Gasteiger partial charge in [-0.1, -0.05) is 18.2 Å². The minimum Gasteiger partial charge on any atom is -0.469 e. The van der Waals surface area contributed by atoms with E-state index in [4.69, 9.17) is 4.42 Å². The van der Waals surface area contributed by atoms with Crippen molar-refractivity contribution < 1.29 is 4.42 Å². The lowest BCUT2D eigenvalue weighted by Crippen LogP contribution is -2.39. The van der Waals surface area contributed by atoms with Crippen molar-refractivity contribution in [3.63, 3.8) is 0 Å². The van der Waals surface area contributed by atoms with Gasteiger partial charge in [0.25, 0.3) is 0 Å². The van der Waals surface area contributed by atoms with E-state index >= 15 is 0 Å². The highest BCUT2D eigenvalue weighted by Gasteiger charge is 2.03. The Hall–Kier alpha value is -1.52. The number of hydrogen-bond acceptors (Lipinski definition) is 5. The number of furan rings is 1. The molecule has 0 unspecified atom stereocenters. The van der Waals surface area contributed by atoms with Crippen LogP contribution in [0.5, 0.6) is 0 Å². The van der Waals surface area contributed by atoms with Gasteiger partial charge in [-0.05, 0) is 31.2 Å². The molecule has 0 radical (unpaired) electrons. The molecule has 0 fully saturated rings. The molecule has 0 saturated heterocycles. The molecule has 1 aromatic carbocycles. The van der Waals surface area contributed by atoms with E-state index in [0.29, 0.717) is 6.54 Å². The van der Waals surface area contributed by atoms with Crippen molar-refractivity contribution in [3.8, 4) is 0 Å². The number of rotatable bonds is 9. The predicted octanol–water partition coefficient (Wildman–Crippen LogP) is 4.73. The van der Waals surface area contributed by atoms with Crippen molar-refractivity contribution >= 4 is 53.0 Å². The second-order valence-corrected chi connectivity index (χ2v) is 8.36. The van der Waals surface area contributed by atoms with E-state index in [9.17, 15) is 0 Å². The van der Waals surface area contributed by atoms with Gasteiger partial charge >= 0.3 is 0 Å². The first-order chi connectivity index (χ1) is 13.3. The highest BCUT2D eigenvalue weighted by atomic mass is 127. The number of hydrogen-bond donors (Lipinski definition) is 2. The third-order valence-electron chi connectivity index (χ3n) is 3.69. The lowest BCUT2D eigenvalue weighted by molar-refractivity contribution is 0.507. The SMILES string of the molecule is Cc1cnc(CN=C(NCCSc2ccccc2)NCCc2ccco2)s1.I. The Bertz CT molecular complexity index is 822. The third-order valence-corrected chi connectivity index (χ3v) is 5.60. The van der Waals surface area contributed by atoms with Crippen LogP contribution in [0.15, 0.2) is 69.2 Å². The maximum absolute atomic E-state index is 5.38. The van der Waals surface area contributed by atoms with E-state index < -0.39 is 0 Å². The van der Waals surface area contributed by atoms with Crippen LogP contribution in [0.2, 0.25) is 0 Å². The normalized spacial score (nSPS) is 11.1. The number of nitrogens with zero attached hydrogens (tertiary/aromatic N) is 2. The summed E-state index contributed by atoms with van der Waals surface area (Å²) in [6.07, 6.45) is 4.42. The lowest BCUT2D eigenvalue weighted by atomic mass is 10.3. The van der Waals surface area contributed by atoms with Crippen molar-refractivity contribution in [1.29, 1.82) is 0 Å². The molecule has 0 aliphatic carbocycles. The largest absolute Gasteiger partial charge is 0.469 e. The number of halogens is 1. The fourth-order valence-corrected chi connectivity index (χ4v) is 3.91. The van der Waals surface area contributed by atoms with E-state index in [1.54, 1.807) is 17.6 Å². The molecular formula is C20H25IN4OS2. The van der Waals surface area contributed by atoms with Gasteiger partial charge < -0.3 is 15.1 Å². The molecule has 2 N–H and O–H groups in total. The highest BCUT2D eigenvalue weighted by Crippen LogP contribution is 2.15. The third kappa shape index (κ3) is 8.24.